The van der Waals surface area contributed by atoms with Gasteiger partial charge in [0, 0.05) is 30.1 Å². The molecule has 1 N–H and O–H groups in total. The lowest BCUT2D eigenvalue weighted by Gasteiger charge is -2.38. The SMILES string of the molecule is C=CCCC(O)CN1CCSC(C)(C)C1. The highest BCUT2D eigenvalue weighted by Crippen LogP contribution is 2.29. The smallest absolute Gasteiger partial charge is 0.0670 e. The zero-order valence-corrected chi connectivity index (χ0v) is 10.7. The van der Waals surface area contributed by atoms with Gasteiger partial charge in [0.15, 0.2) is 0 Å². The van der Waals surface area contributed by atoms with Crippen molar-refractivity contribution in [3.63, 3.8) is 0 Å². The summed E-state index contributed by atoms with van der Waals surface area (Å²) >= 11 is 2.03. The first-order chi connectivity index (χ1) is 7.03. The van der Waals surface area contributed by atoms with E-state index in [0.29, 0.717) is 4.75 Å². The number of nitrogens with zero attached hydrogens (tertiary/aromatic N) is 1. The third kappa shape index (κ3) is 5.05. The van der Waals surface area contributed by atoms with Crippen molar-refractivity contribution in [2.45, 2.75) is 37.5 Å². The normalized spacial score (nSPS) is 23.7. The highest BCUT2D eigenvalue weighted by molar-refractivity contribution is 8.00. The molecule has 1 fully saturated rings. The number of thioether (sulfide) groups is 1. The lowest BCUT2D eigenvalue weighted by Crippen LogP contribution is -2.46. The molecule has 15 heavy (non-hydrogen) atoms. The molecule has 0 radical (unpaired) electrons. The van der Waals surface area contributed by atoms with Crippen molar-refractivity contribution in [2.24, 2.45) is 0 Å². The van der Waals surface area contributed by atoms with Gasteiger partial charge in [-0.25, -0.2) is 0 Å². The summed E-state index contributed by atoms with van der Waals surface area (Å²) in [6.45, 7) is 11.2. The molecule has 1 rings (SSSR count). The topological polar surface area (TPSA) is 23.5 Å². The van der Waals surface area contributed by atoms with E-state index in [4.69, 9.17) is 0 Å². The first-order valence-corrected chi connectivity index (χ1v) is 6.67. The standard InChI is InChI=1S/C12H23NOS/c1-4-5-6-11(14)9-13-7-8-15-12(2,3)10-13/h4,11,14H,1,5-10H2,2-3H3. The Morgan fingerprint density at radius 2 is 2.33 bits per heavy atom. The predicted octanol–water partition coefficient (Wildman–Crippen LogP) is 2.14. The summed E-state index contributed by atoms with van der Waals surface area (Å²) in [4.78, 5) is 2.38. The molecule has 1 heterocycles. The average molecular weight is 229 g/mol. The van der Waals surface area contributed by atoms with Crippen LogP contribution in [0.3, 0.4) is 0 Å². The van der Waals surface area contributed by atoms with Gasteiger partial charge in [-0.15, -0.1) is 6.58 Å². The molecule has 3 heteroatoms. The van der Waals surface area contributed by atoms with Crippen LogP contribution in [0.1, 0.15) is 26.7 Å². The highest BCUT2D eigenvalue weighted by atomic mass is 32.2. The molecule has 0 aromatic carbocycles. The molecule has 0 spiro atoms. The zero-order valence-electron chi connectivity index (χ0n) is 9.91. The van der Waals surface area contributed by atoms with Gasteiger partial charge in [0.1, 0.15) is 0 Å². The Morgan fingerprint density at radius 3 is 2.93 bits per heavy atom. The molecule has 1 aliphatic rings. The van der Waals surface area contributed by atoms with Crippen molar-refractivity contribution in [1.82, 2.24) is 4.90 Å². The Kier molecular flexibility index (Phi) is 5.16. The van der Waals surface area contributed by atoms with E-state index in [9.17, 15) is 5.11 Å². The third-order valence-corrected chi connectivity index (χ3v) is 3.97. The largest absolute Gasteiger partial charge is 0.392 e. The Balaban J connectivity index is 2.28. The van der Waals surface area contributed by atoms with Gasteiger partial charge in [0.25, 0.3) is 0 Å². The first kappa shape index (κ1) is 13.1. The van der Waals surface area contributed by atoms with E-state index in [1.807, 2.05) is 17.8 Å². The van der Waals surface area contributed by atoms with Crippen LogP contribution < -0.4 is 0 Å². The first-order valence-electron chi connectivity index (χ1n) is 5.69. The van der Waals surface area contributed by atoms with Gasteiger partial charge in [-0.2, -0.15) is 11.8 Å². The van der Waals surface area contributed by atoms with Crippen molar-refractivity contribution in [3.8, 4) is 0 Å². The lowest BCUT2D eigenvalue weighted by atomic mass is 10.1. The molecule has 0 aromatic heterocycles. The number of β-amino-alcohol motifs (C(OH)–C–C–N with tert-alkyl or cyclic N) is 1. The van der Waals surface area contributed by atoms with Crippen molar-refractivity contribution in [3.05, 3.63) is 12.7 Å². The average Bonchev–Trinajstić information content (AvgIpc) is 2.13. The Morgan fingerprint density at radius 1 is 1.60 bits per heavy atom. The fraction of sp³-hybridized carbons (Fsp3) is 0.833. The number of allylic oxidation sites excluding steroid dienone is 1. The van der Waals surface area contributed by atoms with E-state index in [1.165, 1.54) is 5.75 Å². The van der Waals surface area contributed by atoms with Crippen LogP contribution in [0, 0.1) is 0 Å². The Bertz CT molecular complexity index is 206. The predicted molar refractivity (Wildman–Crippen MR) is 68.4 cm³/mol. The molecule has 1 unspecified atom stereocenters. The van der Waals surface area contributed by atoms with Crippen LogP contribution in [-0.2, 0) is 0 Å². The van der Waals surface area contributed by atoms with Gasteiger partial charge in [0.05, 0.1) is 6.10 Å². The van der Waals surface area contributed by atoms with Gasteiger partial charge >= 0.3 is 0 Å². The molecular weight excluding hydrogens is 206 g/mol. The van der Waals surface area contributed by atoms with Crippen molar-refractivity contribution < 1.29 is 5.11 Å². The third-order valence-electron chi connectivity index (χ3n) is 2.68. The molecule has 1 saturated heterocycles. The molecule has 0 aliphatic carbocycles. The second-order valence-corrected chi connectivity index (χ2v) is 6.67. The highest BCUT2D eigenvalue weighted by Gasteiger charge is 2.27. The minimum atomic E-state index is -0.193. The van der Waals surface area contributed by atoms with Crippen molar-refractivity contribution in [2.75, 3.05) is 25.4 Å². The molecule has 0 aromatic rings. The second-order valence-electron chi connectivity index (χ2n) is 4.86. The van der Waals surface area contributed by atoms with Crippen LogP contribution in [-0.4, -0.2) is 46.2 Å². The van der Waals surface area contributed by atoms with Crippen LogP contribution in [0.15, 0.2) is 12.7 Å². The lowest BCUT2D eigenvalue weighted by molar-refractivity contribution is 0.103. The summed E-state index contributed by atoms with van der Waals surface area (Å²) in [5.74, 6) is 1.18. The summed E-state index contributed by atoms with van der Waals surface area (Å²) in [7, 11) is 0. The zero-order chi connectivity index (χ0) is 11.3. The number of hydrogen-bond donors (Lipinski definition) is 1. The minimum absolute atomic E-state index is 0.193. The van der Waals surface area contributed by atoms with E-state index >= 15 is 0 Å². The molecule has 0 bridgehead atoms. The number of aliphatic hydroxyl groups excluding tert-OH is 1. The molecule has 0 amide bonds. The quantitative estimate of drug-likeness (QED) is 0.731. The molecule has 2 nitrogen and oxygen atoms in total. The van der Waals surface area contributed by atoms with Crippen molar-refractivity contribution in [1.29, 1.82) is 0 Å². The van der Waals surface area contributed by atoms with Crippen LogP contribution in [0.4, 0.5) is 0 Å². The Hall–Kier alpha value is 0.0100. The maximum Gasteiger partial charge on any atom is 0.0670 e. The van der Waals surface area contributed by atoms with E-state index in [1.54, 1.807) is 0 Å². The monoisotopic (exact) mass is 229 g/mol. The number of rotatable bonds is 5. The second kappa shape index (κ2) is 5.92. The minimum Gasteiger partial charge on any atom is -0.392 e. The van der Waals surface area contributed by atoms with Gasteiger partial charge in [-0.1, -0.05) is 6.08 Å². The number of aliphatic hydroxyl groups is 1. The molecule has 1 atom stereocenters. The number of hydrogen-bond acceptors (Lipinski definition) is 3. The maximum atomic E-state index is 9.81. The van der Waals surface area contributed by atoms with E-state index in [2.05, 4.69) is 25.3 Å². The summed E-state index contributed by atoms with van der Waals surface area (Å²) in [6.07, 6.45) is 3.43. The van der Waals surface area contributed by atoms with Gasteiger partial charge in [-0.3, -0.25) is 4.90 Å². The summed E-state index contributed by atoms with van der Waals surface area (Å²) in [6, 6.07) is 0. The molecule has 88 valence electrons. The Labute approximate surface area is 97.7 Å². The van der Waals surface area contributed by atoms with E-state index < -0.39 is 0 Å². The molecule has 0 saturated carbocycles. The summed E-state index contributed by atoms with van der Waals surface area (Å²) < 4.78 is 0.344. The van der Waals surface area contributed by atoms with Crippen LogP contribution in [0.5, 0.6) is 0 Å². The summed E-state index contributed by atoms with van der Waals surface area (Å²) in [5, 5.41) is 9.81. The van der Waals surface area contributed by atoms with Crippen LogP contribution in [0.25, 0.3) is 0 Å². The van der Waals surface area contributed by atoms with Crippen LogP contribution in [0.2, 0.25) is 0 Å². The fourth-order valence-electron chi connectivity index (χ4n) is 1.97. The molecule has 1 aliphatic heterocycles. The van der Waals surface area contributed by atoms with Gasteiger partial charge < -0.3 is 5.11 Å². The summed E-state index contributed by atoms with van der Waals surface area (Å²) in [5.41, 5.74) is 0. The van der Waals surface area contributed by atoms with Gasteiger partial charge in [-0.05, 0) is 26.7 Å². The van der Waals surface area contributed by atoms with E-state index in [0.717, 1.165) is 32.5 Å². The fourth-order valence-corrected chi connectivity index (χ4v) is 3.15. The van der Waals surface area contributed by atoms with Crippen LogP contribution >= 0.6 is 11.8 Å². The molecular formula is C12H23NOS. The maximum absolute atomic E-state index is 9.81. The van der Waals surface area contributed by atoms with E-state index in [-0.39, 0.29) is 6.10 Å². The van der Waals surface area contributed by atoms with Gasteiger partial charge in [0.2, 0.25) is 0 Å². The van der Waals surface area contributed by atoms with Crippen molar-refractivity contribution >= 4 is 11.8 Å².